The van der Waals surface area contributed by atoms with Gasteiger partial charge >= 0.3 is 0 Å². The highest BCUT2D eigenvalue weighted by molar-refractivity contribution is 7.22. The molecule has 0 aliphatic carbocycles. The fourth-order valence-electron chi connectivity index (χ4n) is 3.05. The summed E-state index contributed by atoms with van der Waals surface area (Å²) in [6, 6.07) is 30.7. The molecular formula is C22H14S2. The number of fused-ring (bicyclic) bond motifs is 2. The molecule has 0 fully saturated rings. The summed E-state index contributed by atoms with van der Waals surface area (Å²) in [5.74, 6) is 0. The van der Waals surface area contributed by atoms with Crippen LogP contribution in [0.4, 0.5) is 0 Å². The van der Waals surface area contributed by atoms with Crippen molar-refractivity contribution in [2.24, 2.45) is 0 Å². The van der Waals surface area contributed by atoms with Gasteiger partial charge in [-0.15, -0.1) is 22.7 Å². The molecule has 2 heteroatoms. The summed E-state index contributed by atoms with van der Waals surface area (Å²) >= 11 is 3.72. The fourth-order valence-corrected chi connectivity index (χ4v) is 5.18. The molecule has 0 nitrogen and oxygen atoms in total. The largest absolute Gasteiger partial charge is 0.135 e. The van der Waals surface area contributed by atoms with Crippen molar-refractivity contribution in [1.82, 2.24) is 0 Å². The number of benzene rings is 3. The van der Waals surface area contributed by atoms with E-state index in [1.54, 1.807) is 0 Å². The Balaban J connectivity index is 1.54. The van der Waals surface area contributed by atoms with Gasteiger partial charge in [0.15, 0.2) is 0 Å². The highest BCUT2D eigenvalue weighted by Gasteiger charge is 2.06. The normalized spacial score (nSPS) is 11.3. The van der Waals surface area contributed by atoms with Gasteiger partial charge in [-0.1, -0.05) is 60.7 Å². The van der Waals surface area contributed by atoms with Crippen LogP contribution in [0.2, 0.25) is 0 Å². The Labute approximate surface area is 148 Å². The summed E-state index contributed by atoms with van der Waals surface area (Å²) in [4.78, 5) is 2.66. The number of hydrogen-bond donors (Lipinski definition) is 0. The van der Waals surface area contributed by atoms with E-state index in [0.29, 0.717) is 0 Å². The molecular weight excluding hydrogens is 328 g/mol. The Hall–Kier alpha value is -2.42. The SMILES string of the molecule is c1ccc2sc(-c3ccc(-c4cc5ccccc5s4)cc3)cc2c1. The van der Waals surface area contributed by atoms with E-state index in [-0.39, 0.29) is 0 Å². The highest BCUT2D eigenvalue weighted by Crippen LogP contribution is 2.36. The lowest BCUT2D eigenvalue weighted by Crippen LogP contribution is -1.74. The molecule has 0 aliphatic heterocycles. The molecule has 0 unspecified atom stereocenters. The first-order valence-electron chi connectivity index (χ1n) is 7.95. The molecule has 5 aromatic rings. The number of rotatable bonds is 2. The van der Waals surface area contributed by atoms with Crippen LogP contribution < -0.4 is 0 Å². The predicted octanol–water partition coefficient (Wildman–Crippen LogP) is 7.45. The van der Waals surface area contributed by atoms with E-state index in [2.05, 4.69) is 84.9 Å². The zero-order valence-electron chi connectivity index (χ0n) is 12.9. The molecule has 0 N–H and O–H groups in total. The Morgan fingerprint density at radius 1 is 0.458 bits per heavy atom. The van der Waals surface area contributed by atoms with Crippen molar-refractivity contribution in [3.63, 3.8) is 0 Å². The standard InChI is InChI=1S/C22H14S2/c1-3-7-19-17(5-1)13-21(23-19)15-9-11-16(12-10-15)22-14-18-6-2-4-8-20(18)24-22/h1-14H. The average molecular weight is 342 g/mol. The van der Waals surface area contributed by atoms with Crippen molar-refractivity contribution in [3.05, 3.63) is 84.9 Å². The first-order valence-corrected chi connectivity index (χ1v) is 9.58. The van der Waals surface area contributed by atoms with E-state index in [9.17, 15) is 0 Å². The van der Waals surface area contributed by atoms with E-state index in [4.69, 9.17) is 0 Å². The fraction of sp³-hybridized carbons (Fsp3) is 0. The molecule has 0 saturated carbocycles. The van der Waals surface area contributed by atoms with Crippen LogP contribution in [0.15, 0.2) is 84.9 Å². The summed E-state index contributed by atoms with van der Waals surface area (Å²) in [5, 5.41) is 2.65. The molecule has 0 aliphatic rings. The van der Waals surface area contributed by atoms with Crippen LogP contribution >= 0.6 is 22.7 Å². The number of thiophene rings is 2. The Morgan fingerprint density at radius 2 is 0.875 bits per heavy atom. The van der Waals surface area contributed by atoms with Crippen molar-refractivity contribution >= 4 is 42.8 Å². The van der Waals surface area contributed by atoms with Crippen LogP contribution in [0.5, 0.6) is 0 Å². The maximum Gasteiger partial charge on any atom is 0.0355 e. The molecule has 2 heterocycles. The van der Waals surface area contributed by atoms with Gasteiger partial charge in [-0.05, 0) is 46.2 Å². The molecule has 3 aromatic carbocycles. The second kappa shape index (κ2) is 5.59. The van der Waals surface area contributed by atoms with Crippen LogP contribution in [-0.2, 0) is 0 Å². The van der Waals surface area contributed by atoms with Gasteiger partial charge in [-0.2, -0.15) is 0 Å². The lowest BCUT2D eigenvalue weighted by molar-refractivity contribution is 1.69. The van der Waals surface area contributed by atoms with Gasteiger partial charge in [0.25, 0.3) is 0 Å². The third kappa shape index (κ3) is 2.35. The Morgan fingerprint density at radius 3 is 1.29 bits per heavy atom. The van der Waals surface area contributed by atoms with Crippen molar-refractivity contribution in [3.8, 4) is 20.9 Å². The quantitative estimate of drug-likeness (QED) is 0.312. The minimum atomic E-state index is 1.29. The highest BCUT2D eigenvalue weighted by atomic mass is 32.1. The molecule has 0 spiro atoms. The van der Waals surface area contributed by atoms with Gasteiger partial charge in [-0.25, -0.2) is 0 Å². The van der Waals surface area contributed by atoms with Crippen LogP contribution in [0.25, 0.3) is 41.1 Å². The van der Waals surface area contributed by atoms with Gasteiger partial charge in [0.2, 0.25) is 0 Å². The average Bonchev–Trinajstić information content (AvgIpc) is 3.25. The van der Waals surface area contributed by atoms with E-state index >= 15 is 0 Å². The summed E-state index contributed by atoms with van der Waals surface area (Å²) in [5.41, 5.74) is 2.59. The van der Waals surface area contributed by atoms with E-state index < -0.39 is 0 Å². The first-order chi connectivity index (χ1) is 11.9. The third-order valence-electron chi connectivity index (χ3n) is 4.30. The second-order valence-corrected chi connectivity index (χ2v) is 8.04. The topological polar surface area (TPSA) is 0 Å². The lowest BCUT2D eigenvalue weighted by atomic mass is 10.1. The van der Waals surface area contributed by atoms with Crippen molar-refractivity contribution in [2.75, 3.05) is 0 Å². The van der Waals surface area contributed by atoms with Gasteiger partial charge in [0.1, 0.15) is 0 Å². The molecule has 0 saturated heterocycles. The Bertz CT molecular complexity index is 984. The maximum atomic E-state index is 2.29. The summed E-state index contributed by atoms with van der Waals surface area (Å²) in [7, 11) is 0. The Kier molecular flexibility index (Phi) is 3.25. The molecule has 0 amide bonds. The molecule has 0 atom stereocenters. The molecule has 0 radical (unpaired) electrons. The van der Waals surface area contributed by atoms with E-state index in [1.165, 1.54) is 41.1 Å². The molecule has 5 rings (SSSR count). The summed E-state index contributed by atoms with van der Waals surface area (Å²) < 4.78 is 2.70. The maximum absolute atomic E-state index is 2.29. The van der Waals surface area contributed by atoms with Gasteiger partial charge in [0, 0.05) is 19.2 Å². The van der Waals surface area contributed by atoms with Gasteiger partial charge in [0.05, 0.1) is 0 Å². The number of hydrogen-bond acceptors (Lipinski definition) is 2. The summed E-state index contributed by atoms with van der Waals surface area (Å²) in [6.07, 6.45) is 0. The van der Waals surface area contributed by atoms with E-state index in [1.807, 2.05) is 22.7 Å². The lowest BCUT2D eigenvalue weighted by Gasteiger charge is -2.00. The van der Waals surface area contributed by atoms with Crippen molar-refractivity contribution in [2.45, 2.75) is 0 Å². The monoisotopic (exact) mass is 342 g/mol. The zero-order valence-corrected chi connectivity index (χ0v) is 14.5. The van der Waals surface area contributed by atoms with E-state index in [0.717, 1.165) is 0 Å². The van der Waals surface area contributed by atoms with Crippen LogP contribution in [0.1, 0.15) is 0 Å². The van der Waals surface area contributed by atoms with Crippen molar-refractivity contribution in [1.29, 1.82) is 0 Å². The van der Waals surface area contributed by atoms with Crippen LogP contribution in [0, 0.1) is 0 Å². The third-order valence-corrected chi connectivity index (χ3v) is 6.64. The smallest absolute Gasteiger partial charge is 0.0355 e. The minimum Gasteiger partial charge on any atom is -0.135 e. The van der Waals surface area contributed by atoms with Gasteiger partial charge in [-0.3, -0.25) is 0 Å². The second-order valence-electron chi connectivity index (χ2n) is 5.87. The molecule has 114 valence electrons. The predicted molar refractivity (Wildman–Crippen MR) is 108 cm³/mol. The minimum absolute atomic E-state index is 1.29. The molecule has 0 bridgehead atoms. The van der Waals surface area contributed by atoms with Crippen LogP contribution in [0.3, 0.4) is 0 Å². The van der Waals surface area contributed by atoms with Crippen LogP contribution in [-0.4, -0.2) is 0 Å². The molecule has 2 aromatic heterocycles. The van der Waals surface area contributed by atoms with Gasteiger partial charge < -0.3 is 0 Å². The summed E-state index contributed by atoms with van der Waals surface area (Å²) in [6.45, 7) is 0. The van der Waals surface area contributed by atoms with Crippen molar-refractivity contribution < 1.29 is 0 Å². The first kappa shape index (κ1) is 14.0. The molecule has 24 heavy (non-hydrogen) atoms. The zero-order chi connectivity index (χ0) is 15.9.